The van der Waals surface area contributed by atoms with Crippen LogP contribution in [0.3, 0.4) is 0 Å². The number of piperidine rings is 1. The van der Waals surface area contributed by atoms with Crippen LogP contribution in [-0.2, 0) is 9.53 Å². The van der Waals surface area contributed by atoms with Crippen molar-refractivity contribution in [2.75, 3.05) is 13.2 Å². The smallest absolute Gasteiger partial charge is 0.475 e. The van der Waals surface area contributed by atoms with Gasteiger partial charge in [0.25, 0.3) is 5.91 Å². The molecule has 0 radical (unpaired) electrons. The fourth-order valence-electron chi connectivity index (χ4n) is 3.45. The van der Waals surface area contributed by atoms with Crippen LogP contribution in [-0.4, -0.2) is 69.6 Å². The Balaban J connectivity index is 0.000000339. The molecule has 0 saturated carbocycles. The first-order valence-electron chi connectivity index (χ1n) is 9.40. The summed E-state index contributed by atoms with van der Waals surface area (Å²) in [5.41, 5.74) is 0.349. The lowest BCUT2D eigenvalue weighted by Crippen LogP contribution is -2.56. The minimum Gasteiger partial charge on any atom is -0.475 e. The first-order valence-corrected chi connectivity index (χ1v) is 9.40. The Morgan fingerprint density at radius 1 is 1.29 bits per heavy atom. The van der Waals surface area contributed by atoms with Crippen LogP contribution in [0.2, 0.25) is 0 Å². The molecule has 31 heavy (non-hydrogen) atoms. The summed E-state index contributed by atoms with van der Waals surface area (Å²) in [7, 11) is 0. The maximum absolute atomic E-state index is 12.7. The molecule has 2 aromatic rings. The number of halogens is 3. The molecule has 12 heteroatoms. The predicted octanol–water partition coefficient (Wildman–Crippen LogP) is 2.46. The van der Waals surface area contributed by atoms with E-state index in [1.54, 1.807) is 19.2 Å². The molecule has 0 aromatic carbocycles. The lowest BCUT2D eigenvalue weighted by molar-refractivity contribution is -0.192. The molecule has 3 atom stereocenters. The molecule has 0 spiro atoms. The van der Waals surface area contributed by atoms with Gasteiger partial charge in [-0.25, -0.2) is 9.78 Å². The maximum atomic E-state index is 12.7. The maximum Gasteiger partial charge on any atom is 0.490 e. The van der Waals surface area contributed by atoms with Gasteiger partial charge in [-0.05, 0) is 19.4 Å². The summed E-state index contributed by atoms with van der Waals surface area (Å²) in [5.74, 6) is -1.65. The number of carboxylic acid groups (broad SMARTS) is 1. The van der Waals surface area contributed by atoms with E-state index in [9.17, 15) is 18.0 Å². The highest BCUT2D eigenvalue weighted by Gasteiger charge is 2.46. The number of hydrogen-bond acceptors (Lipinski definition) is 7. The molecule has 2 aliphatic rings. The first-order chi connectivity index (χ1) is 14.7. The van der Waals surface area contributed by atoms with Crippen molar-refractivity contribution in [3.8, 4) is 5.88 Å². The van der Waals surface area contributed by atoms with Gasteiger partial charge in [0, 0.05) is 37.9 Å². The average molecular weight is 443 g/mol. The van der Waals surface area contributed by atoms with Crippen molar-refractivity contribution < 1.29 is 41.9 Å². The number of carbonyl (C=O) groups excluding carboxylic acids is 1. The number of nitrogens with zero attached hydrogens (tertiary/aromatic N) is 3. The molecule has 2 fully saturated rings. The molecular weight excluding hydrogens is 423 g/mol. The van der Waals surface area contributed by atoms with Gasteiger partial charge in [-0.2, -0.15) is 13.2 Å². The van der Waals surface area contributed by atoms with Gasteiger partial charge in [-0.3, -0.25) is 4.79 Å². The lowest BCUT2D eigenvalue weighted by Gasteiger charge is -2.40. The van der Waals surface area contributed by atoms with Crippen LogP contribution >= 0.6 is 0 Å². The Morgan fingerprint density at radius 2 is 2.03 bits per heavy atom. The van der Waals surface area contributed by atoms with Crippen LogP contribution in [0.5, 0.6) is 5.88 Å². The number of fused-ring (bicyclic) bond motifs is 1. The highest BCUT2D eigenvalue weighted by atomic mass is 19.4. The summed E-state index contributed by atoms with van der Waals surface area (Å²) in [6.45, 7) is 3.00. The second-order valence-electron chi connectivity index (χ2n) is 6.93. The Labute approximate surface area is 174 Å². The second kappa shape index (κ2) is 9.33. The minimum absolute atomic E-state index is 0.00281. The third-order valence-electron chi connectivity index (χ3n) is 4.78. The van der Waals surface area contributed by atoms with Gasteiger partial charge in [-0.15, -0.1) is 0 Å². The first kappa shape index (κ1) is 22.5. The molecule has 2 saturated heterocycles. The Morgan fingerprint density at radius 3 is 2.61 bits per heavy atom. The van der Waals surface area contributed by atoms with Gasteiger partial charge in [0.05, 0.1) is 6.04 Å². The second-order valence-corrected chi connectivity index (χ2v) is 6.93. The third-order valence-corrected chi connectivity index (χ3v) is 4.78. The zero-order valence-electron chi connectivity index (χ0n) is 16.4. The number of aromatic nitrogens is 2. The third kappa shape index (κ3) is 5.51. The van der Waals surface area contributed by atoms with Crippen LogP contribution in [0.25, 0.3) is 0 Å². The number of likely N-dealkylation sites (tertiary alicyclic amines) is 1. The van der Waals surface area contributed by atoms with Gasteiger partial charge < -0.3 is 24.0 Å². The number of aryl methyl sites for hydroxylation is 1. The van der Waals surface area contributed by atoms with Crippen molar-refractivity contribution in [2.45, 2.75) is 44.2 Å². The van der Waals surface area contributed by atoms with E-state index in [2.05, 4.69) is 10.1 Å². The quantitative estimate of drug-likeness (QED) is 0.770. The number of aliphatic carboxylic acids is 1. The molecule has 2 aromatic heterocycles. The molecule has 0 aliphatic carbocycles. The van der Waals surface area contributed by atoms with Gasteiger partial charge in [0.15, 0.2) is 5.69 Å². The Bertz CT molecular complexity index is 905. The van der Waals surface area contributed by atoms with Gasteiger partial charge in [-0.1, -0.05) is 11.2 Å². The zero-order valence-corrected chi connectivity index (χ0v) is 16.4. The fourth-order valence-corrected chi connectivity index (χ4v) is 3.45. The Hall–Kier alpha value is -3.15. The minimum atomic E-state index is -5.08. The summed E-state index contributed by atoms with van der Waals surface area (Å²) >= 11 is 0. The molecule has 0 bridgehead atoms. The van der Waals surface area contributed by atoms with E-state index < -0.39 is 12.1 Å². The van der Waals surface area contributed by atoms with Crippen LogP contribution in [0.15, 0.2) is 35.0 Å². The van der Waals surface area contributed by atoms with Crippen LogP contribution in [0.1, 0.15) is 29.1 Å². The van der Waals surface area contributed by atoms with Gasteiger partial charge in [0.2, 0.25) is 5.88 Å². The molecular formula is C19H20F3N3O6. The normalized spacial score (nSPS) is 22.8. The number of pyridine rings is 1. The van der Waals surface area contributed by atoms with Crippen LogP contribution in [0, 0.1) is 6.92 Å². The molecule has 4 rings (SSSR count). The number of carbonyl (C=O) groups is 2. The number of amides is 1. The van der Waals surface area contributed by atoms with E-state index in [1.165, 1.54) is 0 Å². The van der Waals surface area contributed by atoms with Crippen molar-refractivity contribution in [1.29, 1.82) is 0 Å². The topological polar surface area (TPSA) is 115 Å². The fraction of sp³-hybridized carbons (Fsp3) is 0.474. The van der Waals surface area contributed by atoms with Gasteiger partial charge >= 0.3 is 12.1 Å². The van der Waals surface area contributed by atoms with E-state index in [0.29, 0.717) is 36.9 Å². The van der Waals surface area contributed by atoms with E-state index in [4.69, 9.17) is 23.9 Å². The van der Waals surface area contributed by atoms with Crippen LogP contribution < -0.4 is 4.74 Å². The number of hydrogen-bond donors (Lipinski definition) is 1. The van der Waals surface area contributed by atoms with Gasteiger partial charge in [0.1, 0.15) is 18.0 Å². The number of carboxylic acids is 1. The lowest BCUT2D eigenvalue weighted by atomic mass is 9.95. The number of rotatable bonds is 3. The van der Waals surface area contributed by atoms with Crippen molar-refractivity contribution in [1.82, 2.24) is 15.0 Å². The molecule has 1 amide bonds. The molecule has 9 nitrogen and oxygen atoms in total. The van der Waals surface area contributed by atoms with Crippen molar-refractivity contribution in [2.24, 2.45) is 0 Å². The molecule has 1 N–H and O–H groups in total. The summed E-state index contributed by atoms with van der Waals surface area (Å²) in [5, 5.41) is 11.0. The van der Waals surface area contributed by atoms with Crippen molar-refractivity contribution in [3.63, 3.8) is 0 Å². The summed E-state index contributed by atoms with van der Waals surface area (Å²) in [4.78, 5) is 27.7. The van der Waals surface area contributed by atoms with Crippen LogP contribution in [0.4, 0.5) is 13.2 Å². The molecule has 168 valence electrons. The summed E-state index contributed by atoms with van der Waals surface area (Å²) in [6.07, 6.45) is -2.13. The summed E-state index contributed by atoms with van der Waals surface area (Å²) < 4.78 is 48.6. The standard InChI is InChI=1S/C17H19N3O4.C2HF3O2/c1-11-10-12(19-24-11)17(21)20-8-5-14(16-13(20)6-9-22-16)23-15-4-2-3-7-18-15;3-2(4,5)1(6)7/h2-4,7,10,13-14,16H,5-6,8-9H2,1H3;(H,6,7)/t13-,14+,16-;/m0./s1. The highest BCUT2D eigenvalue weighted by Crippen LogP contribution is 2.31. The van der Waals surface area contributed by atoms with Crippen molar-refractivity contribution >= 4 is 11.9 Å². The van der Waals surface area contributed by atoms with E-state index in [1.807, 2.05) is 23.1 Å². The van der Waals surface area contributed by atoms with E-state index in [-0.39, 0.29) is 24.2 Å². The number of alkyl halides is 3. The monoisotopic (exact) mass is 443 g/mol. The predicted molar refractivity (Wildman–Crippen MR) is 97.4 cm³/mol. The highest BCUT2D eigenvalue weighted by molar-refractivity contribution is 5.92. The summed E-state index contributed by atoms with van der Waals surface area (Å²) in [6, 6.07) is 7.24. The Kier molecular flexibility index (Phi) is 6.78. The van der Waals surface area contributed by atoms with Crippen molar-refractivity contribution in [3.05, 3.63) is 41.9 Å². The zero-order chi connectivity index (χ0) is 22.6. The van der Waals surface area contributed by atoms with E-state index in [0.717, 1.165) is 6.42 Å². The molecule has 0 unspecified atom stereocenters. The molecule has 4 heterocycles. The largest absolute Gasteiger partial charge is 0.490 e. The average Bonchev–Trinajstić information content (AvgIpc) is 3.38. The SMILES string of the molecule is Cc1cc(C(=O)N2CC[C@@H](Oc3ccccn3)[C@H]3OCC[C@@H]32)no1.O=C(O)C(F)(F)F. The molecule has 2 aliphatic heterocycles. The number of ether oxygens (including phenoxy) is 2. The van der Waals surface area contributed by atoms with E-state index >= 15 is 0 Å².